The minimum atomic E-state index is -0.239. The minimum absolute atomic E-state index is 0.0804. The molecule has 7 heteroatoms. The summed E-state index contributed by atoms with van der Waals surface area (Å²) in [5, 5.41) is 12.6. The van der Waals surface area contributed by atoms with Crippen molar-refractivity contribution in [2.24, 2.45) is 0 Å². The van der Waals surface area contributed by atoms with E-state index in [0.29, 0.717) is 18.7 Å². The van der Waals surface area contributed by atoms with Crippen molar-refractivity contribution in [3.05, 3.63) is 108 Å². The van der Waals surface area contributed by atoms with Gasteiger partial charge in [-0.2, -0.15) is 0 Å². The number of para-hydroxylation sites is 1. The molecular formula is C28H29FN4OS. The molecule has 3 aromatic carbocycles. The van der Waals surface area contributed by atoms with Crippen molar-refractivity contribution >= 4 is 17.7 Å². The van der Waals surface area contributed by atoms with Crippen molar-refractivity contribution in [1.82, 2.24) is 20.1 Å². The lowest BCUT2D eigenvalue weighted by Gasteiger charge is -2.10. The Bertz CT molecular complexity index is 1210. The lowest BCUT2D eigenvalue weighted by atomic mass is 10.1. The predicted octanol–water partition coefficient (Wildman–Crippen LogP) is 5.77. The number of hydrogen-bond donors (Lipinski definition) is 1. The molecule has 0 atom stereocenters. The summed E-state index contributed by atoms with van der Waals surface area (Å²) in [7, 11) is 0. The lowest BCUT2D eigenvalue weighted by Crippen LogP contribution is -2.25. The first kappa shape index (κ1) is 24.7. The van der Waals surface area contributed by atoms with Crippen molar-refractivity contribution in [2.75, 3.05) is 6.54 Å². The molecule has 1 heterocycles. The van der Waals surface area contributed by atoms with Gasteiger partial charge in [0.25, 0.3) is 0 Å². The van der Waals surface area contributed by atoms with Crippen molar-refractivity contribution in [3.63, 3.8) is 0 Å². The standard InChI is InChI=1S/C28H29FN4OS/c29-24-13-9-12-23(20-24)21-35-28-32-31-26(33(28)25-14-5-2-6-15-25)16-7-8-17-27(34)30-19-18-22-10-3-1-4-11-22/h1-6,9-15,20H,7-8,16-19,21H2,(H,30,34). The van der Waals surface area contributed by atoms with Gasteiger partial charge in [-0.05, 0) is 54.7 Å². The fourth-order valence-corrected chi connectivity index (χ4v) is 4.73. The van der Waals surface area contributed by atoms with Gasteiger partial charge in [-0.3, -0.25) is 9.36 Å². The highest BCUT2D eigenvalue weighted by Gasteiger charge is 2.15. The van der Waals surface area contributed by atoms with Gasteiger partial charge in [-0.1, -0.05) is 72.4 Å². The molecule has 1 amide bonds. The van der Waals surface area contributed by atoms with Gasteiger partial charge in [0, 0.05) is 30.8 Å². The topological polar surface area (TPSA) is 59.8 Å². The van der Waals surface area contributed by atoms with Crippen molar-refractivity contribution < 1.29 is 9.18 Å². The van der Waals surface area contributed by atoms with E-state index >= 15 is 0 Å². The number of unbranched alkanes of at least 4 members (excludes halogenated alkanes) is 1. The Hall–Kier alpha value is -3.45. The molecule has 1 N–H and O–H groups in total. The average Bonchev–Trinajstić information content (AvgIpc) is 3.29. The molecule has 0 saturated carbocycles. The van der Waals surface area contributed by atoms with E-state index in [4.69, 9.17) is 0 Å². The minimum Gasteiger partial charge on any atom is -0.356 e. The third-order valence-corrected chi connectivity index (χ3v) is 6.60. The first-order valence-electron chi connectivity index (χ1n) is 11.9. The van der Waals surface area contributed by atoms with Crippen LogP contribution in [0.1, 0.15) is 36.2 Å². The van der Waals surface area contributed by atoms with Crippen LogP contribution in [0.4, 0.5) is 4.39 Å². The molecule has 180 valence electrons. The van der Waals surface area contributed by atoms with Gasteiger partial charge in [-0.25, -0.2) is 4.39 Å². The van der Waals surface area contributed by atoms with E-state index < -0.39 is 0 Å². The van der Waals surface area contributed by atoms with E-state index in [1.165, 1.54) is 23.4 Å². The molecule has 0 aliphatic heterocycles. The van der Waals surface area contributed by atoms with Crippen LogP contribution in [0.2, 0.25) is 0 Å². The fourth-order valence-electron chi connectivity index (χ4n) is 3.81. The predicted molar refractivity (Wildman–Crippen MR) is 138 cm³/mol. The number of benzene rings is 3. The number of rotatable bonds is 12. The van der Waals surface area contributed by atoms with E-state index in [-0.39, 0.29) is 11.7 Å². The van der Waals surface area contributed by atoms with Gasteiger partial charge in [0.05, 0.1) is 0 Å². The van der Waals surface area contributed by atoms with Gasteiger partial charge in [0.1, 0.15) is 11.6 Å². The molecular weight excluding hydrogens is 459 g/mol. The van der Waals surface area contributed by atoms with Crippen LogP contribution in [0, 0.1) is 5.82 Å². The molecule has 0 aliphatic carbocycles. The van der Waals surface area contributed by atoms with Gasteiger partial charge in [0.15, 0.2) is 5.16 Å². The zero-order valence-electron chi connectivity index (χ0n) is 19.6. The average molecular weight is 489 g/mol. The number of aromatic nitrogens is 3. The maximum Gasteiger partial charge on any atom is 0.220 e. The van der Waals surface area contributed by atoms with E-state index in [9.17, 15) is 9.18 Å². The highest BCUT2D eigenvalue weighted by atomic mass is 32.2. The molecule has 0 spiro atoms. The van der Waals surface area contributed by atoms with Crippen molar-refractivity contribution in [2.45, 2.75) is 43.0 Å². The van der Waals surface area contributed by atoms with Crippen molar-refractivity contribution in [3.8, 4) is 5.69 Å². The molecule has 1 aromatic heterocycles. The molecule has 0 aliphatic rings. The van der Waals surface area contributed by atoms with Crippen LogP contribution in [-0.4, -0.2) is 27.2 Å². The van der Waals surface area contributed by atoms with Gasteiger partial charge >= 0.3 is 0 Å². The largest absolute Gasteiger partial charge is 0.356 e. The number of aryl methyl sites for hydroxylation is 1. The van der Waals surface area contributed by atoms with Crippen LogP contribution in [-0.2, 0) is 23.4 Å². The van der Waals surface area contributed by atoms with Crippen LogP contribution in [0.3, 0.4) is 0 Å². The zero-order valence-corrected chi connectivity index (χ0v) is 20.4. The van der Waals surface area contributed by atoms with Gasteiger partial charge < -0.3 is 5.32 Å². The quantitative estimate of drug-likeness (QED) is 0.203. The summed E-state index contributed by atoms with van der Waals surface area (Å²) in [6.07, 6.45) is 3.67. The SMILES string of the molecule is O=C(CCCCc1nnc(SCc2cccc(F)c2)n1-c1ccccc1)NCCc1ccccc1. The summed E-state index contributed by atoms with van der Waals surface area (Å²) < 4.78 is 15.6. The normalized spacial score (nSPS) is 10.9. The molecule has 4 rings (SSSR count). The summed E-state index contributed by atoms with van der Waals surface area (Å²) in [6.45, 7) is 0.650. The maximum atomic E-state index is 13.5. The molecule has 0 fully saturated rings. The maximum absolute atomic E-state index is 13.5. The Labute approximate surface area is 209 Å². The summed E-state index contributed by atoms with van der Waals surface area (Å²) in [6, 6.07) is 26.8. The number of hydrogen-bond acceptors (Lipinski definition) is 4. The van der Waals surface area contributed by atoms with E-state index in [1.807, 2.05) is 54.6 Å². The number of nitrogens with zero attached hydrogens (tertiary/aromatic N) is 3. The Morgan fingerprint density at radius 2 is 1.60 bits per heavy atom. The zero-order chi connectivity index (χ0) is 24.3. The van der Waals surface area contributed by atoms with Crippen LogP contribution >= 0.6 is 11.8 Å². The number of amides is 1. The molecule has 35 heavy (non-hydrogen) atoms. The number of nitrogens with one attached hydrogen (secondary N) is 1. The second kappa shape index (κ2) is 12.9. The first-order chi connectivity index (χ1) is 17.2. The molecule has 5 nitrogen and oxygen atoms in total. The smallest absolute Gasteiger partial charge is 0.220 e. The van der Waals surface area contributed by atoms with E-state index in [1.54, 1.807) is 12.1 Å². The van der Waals surface area contributed by atoms with E-state index in [2.05, 4.69) is 32.2 Å². The molecule has 0 unspecified atom stereocenters. The highest BCUT2D eigenvalue weighted by molar-refractivity contribution is 7.98. The number of halogens is 1. The van der Waals surface area contributed by atoms with Gasteiger partial charge in [-0.15, -0.1) is 10.2 Å². The Balaban J connectivity index is 1.30. The number of carbonyl (C=O) groups is 1. The van der Waals surface area contributed by atoms with Crippen LogP contribution in [0.15, 0.2) is 90.1 Å². The third-order valence-electron chi connectivity index (χ3n) is 5.60. The lowest BCUT2D eigenvalue weighted by molar-refractivity contribution is -0.121. The molecule has 0 saturated heterocycles. The molecule has 4 aromatic rings. The molecule has 0 bridgehead atoms. The second-order valence-corrected chi connectivity index (χ2v) is 9.22. The summed E-state index contributed by atoms with van der Waals surface area (Å²) in [5.41, 5.74) is 3.12. The molecule has 0 radical (unpaired) electrons. The van der Waals surface area contributed by atoms with Gasteiger partial charge in [0.2, 0.25) is 5.91 Å². The van der Waals surface area contributed by atoms with Crippen LogP contribution in [0.25, 0.3) is 5.69 Å². The van der Waals surface area contributed by atoms with Crippen LogP contribution < -0.4 is 5.32 Å². The van der Waals surface area contributed by atoms with E-state index in [0.717, 1.165) is 47.9 Å². The summed E-state index contributed by atoms with van der Waals surface area (Å²) in [4.78, 5) is 12.2. The number of thioether (sulfide) groups is 1. The summed E-state index contributed by atoms with van der Waals surface area (Å²) >= 11 is 1.53. The highest BCUT2D eigenvalue weighted by Crippen LogP contribution is 2.26. The van der Waals surface area contributed by atoms with Crippen LogP contribution in [0.5, 0.6) is 0 Å². The third kappa shape index (κ3) is 7.52. The first-order valence-corrected chi connectivity index (χ1v) is 12.9. The Kier molecular flexibility index (Phi) is 9.06. The Morgan fingerprint density at radius 1 is 0.857 bits per heavy atom. The monoisotopic (exact) mass is 488 g/mol. The second-order valence-electron chi connectivity index (χ2n) is 8.28. The number of carbonyl (C=O) groups excluding carboxylic acids is 1. The van der Waals surface area contributed by atoms with Crippen molar-refractivity contribution in [1.29, 1.82) is 0 Å². The Morgan fingerprint density at radius 3 is 2.37 bits per heavy atom. The fraction of sp³-hybridized carbons (Fsp3) is 0.250. The summed E-state index contributed by atoms with van der Waals surface area (Å²) in [5.74, 6) is 1.31.